The first-order valence-corrected chi connectivity index (χ1v) is 10.3. The van der Waals surface area contributed by atoms with Gasteiger partial charge in [-0.25, -0.2) is 13.9 Å². The number of hydrogen-bond donors (Lipinski definition) is 2. The molecule has 0 radical (unpaired) electrons. The van der Waals surface area contributed by atoms with Gasteiger partial charge in [-0.2, -0.15) is 0 Å². The van der Waals surface area contributed by atoms with Gasteiger partial charge in [-0.15, -0.1) is 0 Å². The molecule has 2 amide bonds. The number of benzene rings is 1. The van der Waals surface area contributed by atoms with Crippen LogP contribution in [0.3, 0.4) is 0 Å². The van der Waals surface area contributed by atoms with Crippen molar-refractivity contribution in [1.29, 1.82) is 0 Å². The molecule has 1 heterocycles. The lowest BCUT2D eigenvalue weighted by atomic mass is 9.99. The van der Waals surface area contributed by atoms with Crippen LogP contribution in [-0.2, 0) is 14.1 Å². The molecule has 2 rings (SSSR count). The maximum Gasteiger partial charge on any atom is 0.319 e. The molecule has 1 unspecified atom stereocenters. The van der Waals surface area contributed by atoms with E-state index in [1.54, 1.807) is 15.2 Å². The predicted octanol–water partition coefficient (Wildman–Crippen LogP) is 2.93. The third-order valence-electron chi connectivity index (χ3n) is 5.16. The van der Waals surface area contributed by atoms with Crippen LogP contribution in [0.5, 0.6) is 0 Å². The normalized spacial score (nSPS) is 12.7. The van der Waals surface area contributed by atoms with Crippen molar-refractivity contribution in [1.82, 2.24) is 9.88 Å². The smallest absolute Gasteiger partial charge is 0.319 e. The lowest BCUT2D eigenvalue weighted by molar-refractivity contribution is -0.674. The number of aliphatic imine (C=N–C) groups is 1. The van der Waals surface area contributed by atoms with E-state index in [9.17, 15) is 9.90 Å². The van der Waals surface area contributed by atoms with Crippen molar-refractivity contribution in [2.24, 2.45) is 25.0 Å². The molecule has 0 aliphatic rings. The molecule has 29 heavy (non-hydrogen) atoms. The van der Waals surface area contributed by atoms with Gasteiger partial charge in [-0.3, -0.25) is 4.99 Å². The van der Waals surface area contributed by atoms with Crippen LogP contribution < -0.4 is 20.3 Å². The second-order valence-electron chi connectivity index (χ2n) is 7.51. The Balaban J connectivity index is 2.07. The van der Waals surface area contributed by atoms with Crippen LogP contribution in [0, 0.1) is 12.8 Å². The molecule has 0 spiro atoms. The molecule has 7 nitrogen and oxygen atoms in total. The molecule has 7 heteroatoms. The summed E-state index contributed by atoms with van der Waals surface area (Å²) < 4.78 is 3.47. The summed E-state index contributed by atoms with van der Waals surface area (Å²) >= 11 is 0. The molecular weight excluding hydrogens is 366 g/mol. The first-order valence-electron chi connectivity index (χ1n) is 10.3. The van der Waals surface area contributed by atoms with Crippen molar-refractivity contribution in [3.63, 3.8) is 0 Å². The van der Waals surface area contributed by atoms with Crippen molar-refractivity contribution in [2.75, 3.05) is 11.9 Å². The summed E-state index contributed by atoms with van der Waals surface area (Å²) in [6.07, 6.45) is 8.13. The van der Waals surface area contributed by atoms with Crippen molar-refractivity contribution >= 4 is 23.3 Å². The molecule has 0 bridgehead atoms. The van der Waals surface area contributed by atoms with Gasteiger partial charge in [-0.05, 0) is 37.0 Å². The fourth-order valence-electron chi connectivity index (χ4n) is 3.21. The maximum atomic E-state index is 12.6. The molecule has 0 saturated carbocycles. The summed E-state index contributed by atoms with van der Waals surface area (Å²) in [4.78, 5) is 16.5. The number of unbranched alkanes of at least 4 members (excludes halogenated alkanes) is 1. The SMILES string of the molecule is CCCCC(CC)CNC(=O)Nc1ccc(C)c(/N=C(\[O-])c2n(C)cc[n+]2C)c1. The van der Waals surface area contributed by atoms with E-state index >= 15 is 0 Å². The molecule has 0 aliphatic heterocycles. The number of urea groups is 1. The fraction of sp³-hybridized carbons (Fsp3) is 0.500. The monoisotopic (exact) mass is 399 g/mol. The molecule has 0 saturated heterocycles. The number of anilines is 1. The van der Waals surface area contributed by atoms with Gasteiger partial charge >= 0.3 is 6.03 Å². The highest BCUT2D eigenvalue weighted by Gasteiger charge is 2.13. The first kappa shape index (κ1) is 22.5. The largest absolute Gasteiger partial charge is 0.853 e. The Morgan fingerprint density at radius 3 is 2.72 bits per heavy atom. The standard InChI is InChI=1S/C22H33N5O2/c1-6-8-9-17(7-2)15-23-22(29)24-18-11-10-16(3)19(14-18)25-20(28)21-26(4)12-13-27(21)5/h10-14,17H,6-9,15H2,1-5H3,(H2-,23,24,25,28,29). The van der Waals surface area contributed by atoms with Gasteiger partial charge in [0.15, 0.2) is 0 Å². The van der Waals surface area contributed by atoms with Crippen molar-refractivity contribution < 1.29 is 14.5 Å². The van der Waals surface area contributed by atoms with Gasteiger partial charge in [-0.1, -0.05) is 39.2 Å². The van der Waals surface area contributed by atoms with Crippen molar-refractivity contribution in [2.45, 2.75) is 46.5 Å². The van der Waals surface area contributed by atoms with E-state index in [0.29, 0.717) is 29.7 Å². The zero-order chi connectivity index (χ0) is 21.4. The van der Waals surface area contributed by atoms with Gasteiger partial charge < -0.3 is 15.7 Å². The minimum Gasteiger partial charge on any atom is -0.853 e. The first-order chi connectivity index (χ1) is 13.8. The molecule has 1 aromatic carbocycles. The van der Waals surface area contributed by atoms with E-state index in [4.69, 9.17) is 0 Å². The lowest BCUT2D eigenvalue weighted by Gasteiger charge is -2.16. The van der Waals surface area contributed by atoms with Crippen LogP contribution >= 0.6 is 0 Å². The van der Waals surface area contributed by atoms with Gasteiger partial charge in [0.05, 0.1) is 25.7 Å². The Hall–Kier alpha value is -2.83. The topological polar surface area (TPSA) is 85.4 Å². The maximum absolute atomic E-state index is 12.6. The molecule has 2 N–H and O–H groups in total. The Labute approximate surface area is 173 Å². The Morgan fingerprint density at radius 1 is 1.34 bits per heavy atom. The molecule has 158 valence electrons. The van der Waals surface area contributed by atoms with E-state index in [1.807, 2.05) is 45.5 Å². The lowest BCUT2D eigenvalue weighted by Crippen LogP contribution is -2.39. The third-order valence-corrected chi connectivity index (χ3v) is 5.16. The summed E-state index contributed by atoms with van der Waals surface area (Å²) in [5.41, 5.74) is 2.02. The number of carbonyl (C=O) groups is 1. The van der Waals surface area contributed by atoms with Crippen LogP contribution in [0.1, 0.15) is 50.9 Å². The Kier molecular flexibility index (Phi) is 8.24. The Bertz CT molecular complexity index is 837. The molecule has 0 aliphatic carbocycles. The quantitative estimate of drug-likeness (QED) is 0.386. The van der Waals surface area contributed by atoms with Crippen LogP contribution in [0.25, 0.3) is 0 Å². The van der Waals surface area contributed by atoms with E-state index in [1.165, 1.54) is 6.42 Å². The molecule has 1 aromatic heterocycles. The minimum atomic E-state index is -0.327. The van der Waals surface area contributed by atoms with Gasteiger partial charge in [0.2, 0.25) is 0 Å². The number of aryl methyl sites for hydroxylation is 3. The highest BCUT2D eigenvalue weighted by molar-refractivity contribution is 5.91. The zero-order valence-corrected chi connectivity index (χ0v) is 18.2. The highest BCUT2D eigenvalue weighted by Crippen LogP contribution is 2.23. The number of nitrogens with one attached hydrogen (secondary N) is 2. The van der Waals surface area contributed by atoms with Crippen LogP contribution in [0.4, 0.5) is 16.2 Å². The number of carbonyl (C=O) groups excluding carboxylic acids is 1. The molecule has 1 atom stereocenters. The second kappa shape index (κ2) is 10.6. The van der Waals surface area contributed by atoms with Crippen molar-refractivity contribution in [3.8, 4) is 0 Å². The van der Waals surface area contributed by atoms with E-state index in [0.717, 1.165) is 24.8 Å². The van der Waals surface area contributed by atoms with Crippen molar-refractivity contribution in [3.05, 3.63) is 42.0 Å². The number of imidazole rings is 1. The summed E-state index contributed by atoms with van der Waals surface area (Å²) in [6, 6.07) is 5.15. The van der Waals surface area contributed by atoms with Gasteiger partial charge in [0.1, 0.15) is 12.4 Å². The molecule has 2 aromatic rings. The van der Waals surface area contributed by atoms with Crippen LogP contribution in [0.2, 0.25) is 0 Å². The number of rotatable bonds is 9. The minimum absolute atomic E-state index is 0.241. The fourth-order valence-corrected chi connectivity index (χ4v) is 3.21. The summed E-state index contributed by atoms with van der Waals surface area (Å²) in [6.45, 7) is 6.88. The average Bonchev–Trinajstić information content (AvgIpc) is 3.03. The number of aromatic nitrogens is 2. The summed E-state index contributed by atoms with van der Waals surface area (Å²) in [7, 11) is 3.62. The molecule has 0 fully saturated rings. The Morgan fingerprint density at radius 2 is 2.10 bits per heavy atom. The summed E-state index contributed by atoms with van der Waals surface area (Å²) in [5.74, 6) is 0.650. The average molecular weight is 400 g/mol. The second-order valence-corrected chi connectivity index (χ2v) is 7.51. The van der Waals surface area contributed by atoms with E-state index in [2.05, 4.69) is 29.5 Å². The number of amides is 2. The molecular formula is C22H33N5O2. The van der Waals surface area contributed by atoms with Gasteiger partial charge in [0, 0.05) is 12.2 Å². The van der Waals surface area contributed by atoms with E-state index < -0.39 is 0 Å². The number of nitrogens with zero attached hydrogens (tertiary/aromatic N) is 3. The van der Waals surface area contributed by atoms with E-state index in [-0.39, 0.29) is 11.9 Å². The number of hydrogen-bond acceptors (Lipinski definition) is 3. The highest BCUT2D eigenvalue weighted by atomic mass is 16.3. The van der Waals surface area contributed by atoms with Gasteiger partial charge in [0.25, 0.3) is 5.82 Å². The zero-order valence-electron chi connectivity index (χ0n) is 18.2. The van der Waals surface area contributed by atoms with Crippen LogP contribution in [-0.4, -0.2) is 23.0 Å². The summed E-state index contributed by atoms with van der Waals surface area (Å²) in [5, 5.41) is 18.4. The van der Waals surface area contributed by atoms with Crippen LogP contribution in [0.15, 0.2) is 35.6 Å². The third kappa shape index (κ3) is 6.34. The predicted molar refractivity (Wildman–Crippen MR) is 114 cm³/mol.